The van der Waals surface area contributed by atoms with Gasteiger partial charge in [-0.05, 0) is 41.2 Å². The number of nitriles is 1. The third-order valence-corrected chi connectivity index (χ3v) is 6.57. The molecule has 138 valence electrons. The van der Waals surface area contributed by atoms with Gasteiger partial charge in [0.1, 0.15) is 0 Å². The Labute approximate surface area is 156 Å². The van der Waals surface area contributed by atoms with Crippen LogP contribution in [-0.2, 0) is 22.0 Å². The van der Waals surface area contributed by atoms with Gasteiger partial charge >= 0.3 is 0 Å². The van der Waals surface area contributed by atoms with Gasteiger partial charge in [-0.2, -0.15) is 9.57 Å². The fourth-order valence-electron chi connectivity index (χ4n) is 2.59. The molecule has 0 fully saturated rings. The molecule has 0 saturated carbocycles. The Hall–Kier alpha value is -2.23. The fourth-order valence-corrected chi connectivity index (χ4v) is 4.01. The van der Waals surface area contributed by atoms with Crippen LogP contribution in [0.2, 0.25) is 0 Å². The van der Waals surface area contributed by atoms with E-state index in [0.29, 0.717) is 0 Å². The van der Waals surface area contributed by atoms with Crippen molar-refractivity contribution in [2.75, 3.05) is 6.54 Å². The van der Waals surface area contributed by atoms with Gasteiger partial charge < -0.3 is 0 Å². The minimum atomic E-state index is -3.69. The van der Waals surface area contributed by atoms with Crippen LogP contribution in [0, 0.1) is 11.3 Å². The molecular formula is C20H25N3O2S. The standard InChI is InChI=1S/C20H25N3O2S/c1-4-20(2,3)18-8-10-19(11-9-18)26(24,25)23(14-6-12-21)16-17-7-5-13-22-15-17/h5,7-11,13,15H,4,6,14,16H2,1-3H3. The van der Waals surface area contributed by atoms with E-state index >= 15 is 0 Å². The molecule has 0 spiro atoms. The Bertz CT molecular complexity index is 854. The van der Waals surface area contributed by atoms with Crippen LogP contribution in [-0.4, -0.2) is 24.3 Å². The molecule has 0 N–H and O–H groups in total. The smallest absolute Gasteiger partial charge is 0.243 e. The van der Waals surface area contributed by atoms with Crippen LogP contribution >= 0.6 is 0 Å². The van der Waals surface area contributed by atoms with Crippen molar-refractivity contribution >= 4 is 10.0 Å². The van der Waals surface area contributed by atoms with Gasteiger partial charge in [0.25, 0.3) is 0 Å². The zero-order chi connectivity index (χ0) is 19.2. The molecule has 26 heavy (non-hydrogen) atoms. The Balaban J connectivity index is 2.32. The van der Waals surface area contributed by atoms with E-state index in [1.54, 1.807) is 30.6 Å². The molecule has 0 atom stereocenters. The first kappa shape index (κ1) is 20.1. The summed E-state index contributed by atoms with van der Waals surface area (Å²) in [7, 11) is -3.69. The highest BCUT2D eigenvalue weighted by atomic mass is 32.2. The van der Waals surface area contributed by atoms with Crippen molar-refractivity contribution in [1.29, 1.82) is 5.26 Å². The van der Waals surface area contributed by atoms with E-state index in [0.717, 1.165) is 17.5 Å². The lowest BCUT2D eigenvalue weighted by Crippen LogP contribution is -2.31. The predicted octanol–water partition coefficient (Wildman–Crippen LogP) is 3.87. The number of aromatic nitrogens is 1. The summed E-state index contributed by atoms with van der Waals surface area (Å²) in [6.45, 7) is 6.73. The highest BCUT2D eigenvalue weighted by Crippen LogP contribution is 2.28. The van der Waals surface area contributed by atoms with Gasteiger partial charge in [0.05, 0.1) is 11.0 Å². The monoisotopic (exact) mass is 371 g/mol. The number of sulfonamides is 1. The molecule has 6 heteroatoms. The van der Waals surface area contributed by atoms with Gasteiger partial charge in [0.15, 0.2) is 0 Å². The van der Waals surface area contributed by atoms with Crippen molar-refractivity contribution in [2.45, 2.75) is 50.5 Å². The van der Waals surface area contributed by atoms with Gasteiger partial charge in [-0.15, -0.1) is 0 Å². The second-order valence-corrected chi connectivity index (χ2v) is 8.81. The van der Waals surface area contributed by atoms with Crippen LogP contribution in [0.4, 0.5) is 0 Å². The molecule has 2 aromatic rings. The molecule has 1 heterocycles. The van der Waals surface area contributed by atoms with Crippen molar-refractivity contribution in [3.8, 4) is 6.07 Å². The molecule has 0 aliphatic rings. The summed E-state index contributed by atoms with van der Waals surface area (Å²) in [6, 6.07) is 12.7. The second kappa shape index (κ2) is 8.43. The molecule has 0 bridgehead atoms. The number of pyridine rings is 1. The van der Waals surface area contributed by atoms with E-state index < -0.39 is 10.0 Å². The number of rotatable bonds is 8. The van der Waals surface area contributed by atoms with E-state index in [4.69, 9.17) is 5.26 Å². The highest BCUT2D eigenvalue weighted by Gasteiger charge is 2.25. The molecular weight excluding hydrogens is 346 g/mol. The number of nitrogens with zero attached hydrogens (tertiary/aromatic N) is 3. The molecule has 0 aliphatic carbocycles. The zero-order valence-electron chi connectivity index (χ0n) is 15.5. The van der Waals surface area contributed by atoms with E-state index in [9.17, 15) is 8.42 Å². The molecule has 5 nitrogen and oxygen atoms in total. The molecule has 1 aromatic carbocycles. The van der Waals surface area contributed by atoms with Gasteiger partial charge in [-0.25, -0.2) is 8.42 Å². The summed E-state index contributed by atoms with van der Waals surface area (Å²) in [4.78, 5) is 4.28. The third-order valence-electron chi connectivity index (χ3n) is 4.71. The van der Waals surface area contributed by atoms with Crippen LogP contribution < -0.4 is 0 Å². The normalized spacial score (nSPS) is 12.1. The molecule has 1 aromatic heterocycles. The topological polar surface area (TPSA) is 74.1 Å². The Morgan fingerprint density at radius 3 is 2.42 bits per heavy atom. The Morgan fingerprint density at radius 1 is 1.19 bits per heavy atom. The van der Waals surface area contributed by atoms with Gasteiger partial charge in [-0.1, -0.05) is 39.0 Å². The van der Waals surface area contributed by atoms with Crippen LogP contribution in [0.15, 0.2) is 53.7 Å². The lowest BCUT2D eigenvalue weighted by Gasteiger charge is -2.25. The third kappa shape index (κ3) is 4.69. The second-order valence-electron chi connectivity index (χ2n) is 6.87. The average molecular weight is 372 g/mol. The summed E-state index contributed by atoms with van der Waals surface area (Å²) in [5.41, 5.74) is 1.89. The lowest BCUT2D eigenvalue weighted by atomic mass is 9.82. The van der Waals surface area contributed by atoms with E-state index in [-0.39, 0.29) is 29.8 Å². The summed E-state index contributed by atoms with van der Waals surface area (Å²) in [6.07, 6.45) is 4.39. The fraction of sp³-hybridized carbons (Fsp3) is 0.400. The Morgan fingerprint density at radius 2 is 1.88 bits per heavy atom. The molecule has 0 aliphatic heterocycles. The van der Waals surface area contributed by atoms with Gasteiger partial charge in [0.2, 0.25) is 10.0 Å². The van der Waals surface area contributed by atoms with Crippen LogP contribution in [0.1, 0.15) is 44.7 Å². The van der Waals surface area contributed by atoms with Gasteiger partial charge in [-0.3, -0.25) is 4.98 Å². The minimum absolute atomic E-state index is 0.00149. The summed E-state index contributed by atoms with van der Waals surface area (Å²) >= 11 is 0. The first-order valence-electron chi connectivity index (χ1n) is 8.68. The van der Waals surface area contributed by atoms with E-state index in [1.165, 1.54) is 4.31 Å². The number of benzene rings is 1. The largest absolute Gasteiger partial charge is 0.264 e. The highest BCUT2D eigenvalue weighted by molar-refractivity contribution is 7.89. The average Bonchev–Trinajstić information content (AvgIpc) is 2.66. The minimum Gasteiger partial charge on any atom is -0.264 e. The maximum atomic E-state index is 13.1. The molecule has 0 amide bonds. The SMILES string of the molecule is CCC(C)(C)c1ccc(S(=O)(=O)N(CCC#N)Cc2cccnc2)cc1. The Kier molecular flexibility index (Phi) is 6.52. The number of hydrogen-bond acceptors (Lipinski definition) is 4. The quantitative estimate of drug-likeness (QED) is 0.706. The van der Waals surface area contributed by atoms with Crippen molar-refractivity contribution in [3.63, 3.8) is 0 Å². The predicted molar refractivity (Wildman–Crippen MR) is 102 cm³/mol. The van der Waals surface area contributed by atoms with Gasteiger partial charge in [0, 0.05) is 31.9 Å². The number of hydrogen-bond donors (Lipinski definition) is 0. The maximum Gasteiger partial charge on any atom is 0.243 e. The first-order valence-corrected chi connectivity index (χ1v) is 10.1. The van der Waals surface area contributed by atoms with Crippen molar-refractivity contribution in [3.05, 3.63) is 59.9 Å². The first-order chi connectivity index (χ1) is 12.3. The summed E-state index contributed by atoms with van der Waals surface area (Å²) in [5.74, 6) is 0. The lowest BCUT2D eigenvalue weighted by molar-refractivity contribution is 0.412. The molecule has 0 saturated heterocycles. The van der Waals surface area contributed by atoms with Crippen molar-refractivity contribution in [2.24, 2.45) is 0 Å². The van der Waals surface area contributed by atoms with Crippen LogP contribution in [0.3, 0.4) is 0 Å². The summed E-state index contributed by atoms with van der Waals surface area (Å²) < 4.78 is 27.5. The molecule has 0 unspecified atom stereocenters. The van der Waals surface area contributed by atoms with Crippen LogP contribution in [0.25, 0.3) is 0 Å². The van der Waals surface area contributed by atoms with E-state index in [1.807, 2.05) is 24.3 Å². The maximum absolute atomic E-state index is 13.1. The zero-order valence-corrected chi connectivity index (χ0v) is 16.3. The molecule has 0 radical (unpaired) electrons. The van der Waals surface area contributed by atoms with E-state index in [2.05, 4.69) is 25.8 Å². The molecule has 2 rings (SSSR count). The van der Waals surface area contributed by atoms with Crippen molar-refractivity contribution in [1.82, 2.24) is 9.29 Å². The van der Waals surface area contributed by atoms with Crippen molar-refractivity contribution < 1.29 is 8.42 Å². The summed E-state index contributed by atoms with van der Waals surface area (Å²) in [5, 5.41) is 8.89. The van der Waals surface area contributed by atoms with Crippen LogP contribution in [0.5, 0.6) is 0 Å².